The van der Waals surface area contributed by atoms with E-state index in [2.05, 4.69) is 0 Å². The van der Waals surface area contributed by atoms with Gasteiger partial charge in [-0.3, -0.25) is 4.72 Å². The molecule has 0 heterocycles. The summed E-state index contributed by atoms with van der Waals surface area (Å²) >= 11 is 0. The van der Waals surface area contributed by atoms with Crippen molar-refractivity contribution < 1.29 is 17.2 Å². The molecule has 7 heteroatoms. The lowest BCUT2D eigenvalue weighted by molar-refractivity contribution is 0.579. The summed E-state index contributed by atoms with van der Waals surface area (Å²) in [5.74, 6) is -1.91. The molecule has 4 nitrogen and oxygen atoms in total. The van der Waals surface area contributed by atoms with E-state index in [1.165, 1.54) is 37.3 Å². The molecule has 0 saturated heterocycles. The number of sulfonamides is 1. The summed E-state index contributed by atoms with van der Waals surface area (Å²) in [6.45, 7) is 1.69. The minimum absolute atomic E-state index is 0.0972. The summed E-state index contributed by atoms with van der Waals surface area (Å²) < 4.78 is 53.7. The van der Waals surface area contributed by atoms with Crippen LogP contribution in [0.15, 0.2) is 41.3 Å². The molecule has 2 rings (SSSR count). The summed E-state index contributed by atoms with van der Waals surface area (Å²) in [7, 11) is -4.07. The molecule has 2 aromatic rings. The predicted octanol–water partition coefficient (Wildman–Crippen LogP) is 2.53. The maximum atomic E-state index is 13.8. The number of hydrogen-bond donors (Lipinski definition) is 2. The fourth-order valence-electron chi connectivity index (χ4n) is 1.75. The van der Waals surface area contributed by atoms with Crippen LogP contribution < -0.4 is 10.5 Å². The molecule has 0 atom stereocenters. The Bertz CT molecular complexity index is 759. The van der Waals surface area contributed by atoms with Gasteiger partial charge in [0.25, 0.3) is 10.0 Å². The van der Waals surface area contributed by atoms with E-state index in [-0.39, 0.29) is 17.0 Å². The van der Waals surface area contributed by atoms with E-state index in [1.807, 2.05) is 4.72 Å². The molecule has 0 aliphatic heterocycles. The van der Waals surface area contributed by atoms with Crippen molar-refractivity contribution in [3.05, 3.63) is 59.2 Å². The number of nitrogens with two attached hydrogens (primary N) is 1. The molecule has 0 bridgehead atoms. The minimum atomic E-state index is -4.07. The lowest BCUT2D eigenvalue weighted by Gasteiger charge is -2.11. The fraction of sp³-hybridized carbons (Fsp3) is 0.143. The predicted molar refractivity (Wildman–Crippen MR) is 76.2 cm³/mol. The number of benzene rings is 2. The molecule has 2 aromatic carbocycles. The second kappa shape index (κ2) is 5.79. The normalized spacial score (nSPS) is 11.4. The first-order valence-corrected chi connectivity index (χ1v) is 7.60. The summed E-state index contributed by atoms with van der Waals surface area (Å²) in [4.78, 5) is -0.0972. The van der Waals surface area contributed by atoms with Crippen LogP contribution in [0.1, 0.15) is 11.1 Å². The zero-order valence-corrected chi connectivity index (χ0v) is 12.0. The van der Waals surface area contributed by atoms with E-state index >= 15 is 0 Å². The van der Waals surface area contributed by atoms with Crippen molar-refractivity contribution in [2.45, 2.75) is 18.4 Å². The van der Waals surface area contributed by atoms with Gasteiger partial charge in [-0.1, -0.05) is 18.2 Å². The monoisotopic (exact) mass is 312 g/mol. The van der Waals surface area contributed by atoms with Gasteiger partial charge in [0.05, 0.1) is 4.90 Å². The molecule has 21 heavy (non-hydrogen) atoms. The van der Waals surface area contributed by atoms with Gasteiger partial charge in [-0.05, 0) is 36.2 Å². The van der Waals surface area contributed by atoms with Crippen LogP contribution in [0.2, 0.25) is 0 Å². The largest absolute Gasteiger partial charge is 0.326 e. The van der Waals surface area contributed by atoms with Gasteiger partial charge in [0.15, 0.2) is 5.82 Å². The van der Waals surface area contributed by atoms with E-state index in [1.54, 1.807) is 0 Å². The Kier molecular flexibility index (Phi) is 4.24. The smallest absolute Gasteiger partial charge is 0.262 e. The third kappa shape index (κ3) is 3.20. The topological polar surface area (TPSA) is 72.2 Å². The van der Waals surface area contributed by atoms with Crippen molar-refractivity contribution in [2.75, 3.05) is 4.72 Å². The van der Waals surface area contributed by atoms with Crippen LogP contribution in [0.25, 0.3) is 0 Å². The van der Waals surface area contributed by atoms with Gasteiger partial charge >= 0.3 is 0 Å². The van der Waals surface area contributed by atoms with E-state index in [0.717, 1.165) is 11.6 Å². The molecule has 0 aliphatic rings. The fourth-order valence-corrected chi connectivity index (χ4v) is 2.82. The van der Waals surface area contributed by atoms with Crippen LogP contribution in [-0.2, 0) is 16.6 Å². The van der Waals surface area contributed by atoms with Gasteiger partial charge in [0.1, 0.15) is 11.5 Å². The molecule has 0 aromatic heterocycles. The molecule has 0 saturated carbocycles. The first kappa shape index (κ1) is 15.4. The second-order valence-electron chi connectivity index (χ2n) is 4.51. The van der Waals surface area contributed by atoms with E-state index in [9.17, 15) is 17.2 Å². The highest BCUT2D eigenvalue weighted by Gasteiger charge is 2.20. The molecular weight excluding hydrogens is 298 g/mol. The van der Waals surface area contributed by atoms with Crippen LogP contribution in [0, 0.1) is 18.6 Å². The summed E-state index contributed by atoms with van der Waals surface area (Å²) in [5.41, 5.74) is 5.64. The number of halogens is 2. The molecule has 0 aliphatic carbocycles. The Hall–Kier alpha value is -1.99. The van der Waals surface area contributed by atoms with Gasteiger partial charge in [-0.2, -0.15) is 0 Å². The maximum Gasteiger partial charge on any atom is 0.262 e. The zero-order chi connectivity index (χ0) is 15.6. The van der Waals surface area contributed by atoms with Crippen LogP contribution >= 0.6 is 0 Å². The number of anilines is 1. The molecule has 112 valence electrons. The van der Waals surface area contributed by atoms with Crippen molar-refractivity contribution in [1.82, 2.24) is 0 Å². The van der Waals surface area contributed by atoms with Gasteiger partial charge in [0, 0.05) is 6.54 Å². The van der Waals surface area contributed by atoms with E-state index < -0.39 is 27.3 Å². The lowest BCUT2D eigenvalue weighted by Crippen LogP contribution is -2.15. The van der Waals surface area contributed by atoms with Crippen LogP contribution in [0.5, 0.6) is 0 Å². The minimum Gasteiger partial charge on any atom is -0.326 e. The highest BCUT2D eigenvalue weighted by molar-refractivity contribution is 7.92. The average molecular weight is 312 g/mol. The highest BCUT2D eigenvalue weighted by atomic mass is 32.2. The highest BCUT2D eigenvalue weighted by Crippen LogP contribution is 2.24. The number of rotatable bonds is 4. The van der Waals surface area contributed by atoms with Crippen molar-refractivity contribution >= 4 is 15.7 Å². The van der Waals surface area contributed by atoms with Crippen LogP contribution in [0.3, 0.4) is 0 Å². The standard InChI is InChI=1S/C14H14F2N2O2S/c1-9-2-7-12(15)14(13(9)16)18-21(19,20)11-5-3-10(8-17)4-6-11/h2-7,18H,8,17H2,1H3. The van der Waals surface area contributed by atoms with Crippen LogP contribution in [-0.4, -0.2) is 8.42 Å². The Morgan fingerprint density at radius 2 is 1.71 bits per heavy atom. The molecule has 0 unspecified atom stereocenters. The summed E-state index contributed by atoms with van der Waals surface area (Å²) in [6, 6.07) is 7.98. The Morgan fingerprint density at radius 3 is 2.29 bits per heavy atom. The van der Waals surface area contributed by atoms with Gasteiger partial charge in [-0.15, -0.1) is 0 Å². The van der Waals surface area contributed by atoms with Gasteiger partial charge < -0.3 is 5.73 Å². The molecule has 0 fully saturated rings. The molecule has 0 amide bonds. The number of hydrogen-bond acceptors (Lipinski definition) is 3. The molecular formula is C14H14F2N2O2S. The van der Waals surface area contributed by atoms with Gasteiger partial charge in [0.2, 0.25) is 0 Å². The number of aryl methyl sites for hydroxylation is 1. The first-order valence-electron chi connectivity index (χ1n) is 6.11. The quantitative estimate of drug-likeness (QED) is 0.911. The van der Waals surface area contributed by atoms with Crippen molar-refractivity contribution in [3.63, 3.8) is 0 Å². The maximum absolute atomic E-state index is 13.8. The van der Waals surface area contributed by atoms with Crippen molar-refractivity contribution in [3.8, 4) is 0 Å². The number of nitrogens with one attached hydrogen (secondary N) is 1. The van der Waals surface area contributed by atoms with Crippen LogP contribution in [0.4, 0.5) is 14.5 Å². The van der Waals surface area contributed by atoms with E-state index in [0.29, 0.717) is 0 Å². The molecule has 0 radical (unpaired) electrons. The SMILES string of the molecule is Cc1ccc(F)c(NS(=O)(=O)c2ccc(CN)cc2)c1F. The summed E-state index contributed by atoms with van der Waals surface area (Å²) in [6.07, 6.45) is 0. The Balaban J connectivity index is 2.39. The second-order valence-corrected chi connectivity index (χ2v) is 6.19. The molecule has 3 N–H and O–H groups in total. The molecule has 0 spiro atoms. The summed E-state index contributed by atoms with van der Waals surface area (Å²) in [5, 5.41) is 0. The van der Waals surface area contributed by atoms with Crippen molar-refractivity contribution in [1.29, 1.82) is 0 Å². The van der Waals surface area contributed by atoms with E-state index in [4.69, 9.17) is 5.73 Å². The zero-order valence-electron chi connectivity index (χ0n) is 11.2. The van der Waals surface area contributed by atoms with Gasteiger partial charge in [-0.25, -0.2) is 17.2 Å². The first-order chi connectivity index (χ1) is 9.85. The van der Waals surface area contributed by atoms with Crippen molar-refractivity contribution in [2.24, 2.45) is 5.73 Å². The third-order valence-corrected chi connectivity index (χ3v) is 4.36. The lowest BCUT2D eigenvalue weighted by atomic mass is 10.2. The third-order valence-electron chi connectivity index (χ3n) is 2.99. The average Bonchev–Trinajstić information content (AvgIpc) is 2.48. The Morgan fingerprint density at radius 1 is 1.10 bits per heavy atom. The Labute approximate surface area is 121 Å².